The van der Waals surface area contributed by atoms with E-state index in [1.54, 1.807) is 0 Å². The molecule has 0 N–H and O–H groups in total. The van der Waals surface area contributed by atoms with Crippen molar-refractivity contribution in [1.29, 1.82) is 0 Å². The molecule has 58 heavy (non-hydrogen) atoms. The van der Waals surface area contributed by atoms with E-state index in [0.29, 0.717) is 0 Å². The topological polar surface area (TPSA) is 13.1 Å². The minimum absolute atomic E-state index is 0.915. The molecule has 11 aromatic carbocycles. The lowest BCUT2D eigenvalue weighted by atomic mass is 9.85. The van der Waals surface area contributed by atoms with Gasteiger partial charge in [-0.1, -0.05) is 140 Å². The van der Waals surface area contributed by atoms with Gasteiger partial charge in [0, 0.05) is 36.3 Å². The van der Waals surface area contributed by atoms with Crippen LogP contribution in [0.2, 0.25) is 0 Å². The summed E-state index contributed by atoms with van der Waals surface area (Å²) in [6.07, 6.45) is 0. The Morgan fingerprint density at radius 1 is 0.293 bits per heavy atom. The van der Waals surface area contributed by atoms with Crippen molar-refractivity contribution in [3.05, 3.63) is 194 Å². The summed E-state index contributed by atoms with van der Waals surface area (Å²) in [6.45, 7) is 0. The van der Waals surface area contributed by atoms with E-state index in [0.717, 1.165) is 27.3 Å². The van der Waals surface area contributed by atoms with Crippen LogP contribution in [0.15, 0.2) is 199 Å². The molecule has 0 radical (unpaired) electrons. The Kier molecular flexibility index (Phi) is 6.66. The second kappa shape index (κ2) is 12.1. The number of rotatable bonds is 3. The summed E-state index contributed by atoms with van der Waals surface area (Å²) >= 11 is 1.86. The second-order valence-electron chi connectivity index (χ2n) is 15.6. The molecule has 0 aliphatic rings. The molecule has 2 aromatic heterocycles. The van der Waals surface area contributed by atoms with Crippen LogP contribution < -0.4 is 0 Å². The normalized spacial score (nSPS) is 12.1. The first-order valence-electron chi connectivity index (χ1n) is 19.9. The monoisotopic (exact) mass is 752 g/mol. The fourth-order valence-electron chi connectivity index (χ4n) is 9.72. The maximum atomic E-state index is 6.63. The zero-order valence-electron chi connectivity index (χ0n) is 31.3. The smallest absolute Gasteiger partial charge is 0.143 e. The fourth-order valence-corrected chi connectivity index (χ4v) is 10.8. The molecule has 0 atom stereocenters. The highest BCUT2D eigenvalue weighted by Gasteiger charge is 2.18. The molecule has 0 fully saturated rings. The van der Waals surface area contributed by atoms with Gasteiger partial charge in [-0.3, -0.25) is 0 Å². The van der Waals surface area contributed by atoms with E-state index in [9.17, 15) is 0 Å². The highest BCUT2D eigenvalue weighted by Crippen LogP contribution is 2.46. The third-order valence-electron chi connectivity index (χ3n) is 12.4. The lowest BCUT2D eigenvalue weighted by Crippen LogP contribution is -1.91. The number of thiophene rings is 1. The van der Waals surface area contributed by atoms with Gasteiger partial charge in [-0.15, -0.1) is 11.3 Å². The van der Waals surface area contributed by atoms with Crippen molar-refractivity contribution in [3.63, 3.8) is 0 Å². The van der Waals surface area contributed by atoms with E-state index in [2.05, 4.69) is 194 Å². The van der Waals surface area contributed by atoms with E-state index >= 15 is 0 Å². The van der Waals surface area contributed by atoms with Gasteiger partial charge >= 0.3 is 0 Å². The van der Waals surface area contributed by atoms with Crippen molar-refractivity contribution >= 4 is 107 Å². The minimum atomic E-state index is 0.915. The Hall–Kier alpha value is -7.26. The third-order valence-corrected chi connectivity index (χ3v) is 13.5. The van der Waals surface area contributed by atoms with Gasteiger partial charge in [0.2, 0.25) is 0 Å². The van der Waals surface area contributed by atoms with Crippen LogP contribution in [-0.2, 0) is 0 Å². The minimum Gasteiger partial charge on any atom is -0.455 e. The SMILES string of the molecule is c1ccc2cc(-c3c4ccccc4c(-c4ccc5cc(-c6ccc7oc8c(ccc9c8ccc8sc%10ccccc%10c89)c7c6)ccc5c4)c4ccccc34)ccc2c1. The van der Waals surface area contributed by atoms with Crippen molar-refractivity contribution < 1.29 is 4.42 Å². The summed E-state index contributed by atoms with van der Waals surface area (Å²) in [6, 6.07) is 71.6. The average Bonchev–Trinajstić information content (AvgIpc) is 3.86. The zero-order chi connectivity index (χ0) is 37.9. The molecule has 1 nitrogen and oxygen atoms in total. The van der Waals surface area contributed by atoms with E-state index in [1.807, 2.05) is 11.3 Å². The molecular formula is C56H32OS. The average molecular weight is 753 g/mol. The number of benzene rings is 11. The molecule has 0 saturated heterocycles. The predicted octanol–water partition coefficient (Wildman–Crippen LogP) is 16.7. The molecular weight excluding hydrogens is 721 g/mol. The van der Waals surface area contributed by atoms with Crippen molar-refractivity contribution in [2.75, 3.05) is 0 Å². The van der Waals surface area contributed by atoms with Crippen molar-refractivity contribution in [2.24, 2.45) is 0 Å². The van der Waals surface area contributed by atoms with Gasteiger partial charge in [0.1, 0.15) is 11.2 Å². The maximum Gasteiger partial charge on any atom is 0.143 e. The van der Waals surface area contributed by atoms with Crippen LogP contribution in [0.5, 0.6) is 0 Å². The molecule has 2 heterocycles. The molecule has 0 amide bonds. The van der Waals surface area contributed by atoms with Gasteiger partial charge in [0.15, 0.2) is 0 Å². The Morgan fingerprint density at radius 3 is 1.48 bits per heavy atom. The molecule has 0 aliphatic heterocycles. The van der Waals surface area contributed by atoms with Gasteiger partial charge < -0.3 is 4.42 Å². The van der Waals surface area contributed by atoms with Crippen LogP contribution in [0.3, 0.4) is 0 Å². The van der Waals surface area contributed by atoms with Gasteiger partial charge in [0.25, 0.3) is 0 Å². The molecule has 13 rings (SSSR count). The second-order valence-corrected chi connectivity index (χ2v) is 16.7. The van der Waals surface area contributed by atoms with Crippen LogP contribution in [0.25, 0.3) is 129 Å². The highest BCUT2D eigenvalue weighted by atomic mass is 32.1. The van der Waals surface area contributed by atoms with Gasteiger partial charge in [0.05, 0.1) is 0 Å². The number of furan rings is 1. The predicted molar refractivity (Wildman–Crippen MR) is 250 cm³/mol. The van der Waals surface area contributed by atoms with Crippen LogP contribution in [0.4, 0.5) is 0 Å². The Morgan fingerprint density at radius 2 is 0.776 bits per heavy atom. The third kappa shape index (κ3) is 4.64. The fraction of sp³-hybridized carbons (Fsp3) is 0. The zero-order valence-corrected chi connectivity index (χ0v) is 32.1. The van der Waals surface area contributed by atoms with Crippen LogP contribution in [0, 0.1) is 0 Å². The molecule has 13 aromatic rings. The quantitative estimate of drug-likeness (QED) is 0.164. The molecule has 0 saturated carbocycles. The highest BCUT2D eigenvalue weighted by molar-refractivity contribution is 7.26. The van der Waals surface area contributed by atoms with Crippen LogP contribution in [0.1, 0.15) is 0 Å². The van der Waals surface area contributed by atoms with E-state index < -0.39 is 0 Å². The molecule has 0 spiro atoms. The Labute approximate surface area is 337 Å². The Balaban J connectivity index is 0.926. The van der Waals surface area contributed by atoms with Gasteiger partial charge in [-0.05, 0) is 136 Å². The van der Waals surface area contributed by atoms with Crippen LogP contribution in [-0.4, -0.2) is 0 Å². The Bertz CT molecular complexity index is 3810. The number of hydrogen-bond acceptors (Lipinski definition) is 2. The molecule has 0 bridgehead atoms. The summed E-state index contributed by atoms with van der Waals surface area (Å²) in [5, 5.41) is 17.4. The van der Waals surface area contributed by atoms with E-state index in [1.165, 1.54) is 102 Å². The molecule has 2 heteroatoms. The number of hydrogen-bond donors (Lipinski definition) is 0. The first kappa shape index (κ1) is 31.9. The lowest BCUT2D eigenvalue weighted by molar-refractivity contribution is 0.673. The molecule has 0 aliphatic carbocycles. The van der Waals surface area contributed by atoms with E-state index in [4.69, 9.17) is 4.42 Å². The first-order chi connectivity index (χ1) is 28.7. The van der Waals surface area contributed by atoms with Crippen molar-refractivity contribution in [3.8, 4) is 33.4 Å². The first-order valence-corrected chi connectivity index (χ1v) is 20.7. The molecule has 268 valence electrons. The lowest BCUT2D eigenvalue weighted by Gasteiger charge is -2.18. The summed E-state index contributed by atoms with van der Waals surface area (Å²) in [7, 11) is 0. The van der Waals surface area contributed by atoms with Crippen LogP contribution >= 0.6 is 11.3 Å². The van der Waals surface area contributed by atoms with Gasteiger partial charge in [-0.2, -0.15) is 0 Å². The summed E-state index contributed by atoms with van der Waals surface area (Å²) < 4.78 is 9.26. The number of fused-ring (bicyclic) bond motifs is 13. The van der Waals surface area contributed by atoms with E-state index in [-0.39, 0.29) is 0 Å². The maximum absolute atomic E-state index is 6.63. The van der Waals surface area contributed by atoms with Crippen molar-refractivity contribution in [1.82, 2.24) is 0 Å². The summed E-state index contributed by atoms with van der Waals surface area (Å²) in [5.41, 5.74) is 9.28. The van der Waals surface area contributed by atoms with Gasteiger partial charge in [-0.25, -0.2) is 0 Å². The molecule has 0 unspecified atom stereocenters. The summed E-state index contributed by atoms with van der Waals surface area (Å²) in [5.74, 6) is 0. The summed E-state index contributed by atoms with van der Waals surface area (Å²) in [4.78, 5) is 0. The standard InChI is InChI=1S/C56H32OS/c1-2-10-34-30-39(21-17-33(34)9-1)53-41-11-3-5-13-43(41)54(44-14-6-4-12-42(44)53)40-22-20-35-29-36(18-19-37(35)31-40)38-23-27-50-49(32-38)47-25-24-45-46(56(47)57-50)26-28-52-55(45)48-15-7-8-16-51(48)58-52/h1-32H. The largest absolute Gasteiger partial charge is 0.455 e. The van der Waals surface area contributed by atoms with Crippen molar-refractivity contribution in [2.45, 2.75) is 0 Å².